The molecule has 1 unspecified atom stereocenters. The Morgan fingerprint density at radius 3 is 2.60 bits per heavy atom. The second-order valence-electron chi connectivity index (χ2n) is 2.88. The zero-order valence-electron chi connectivity index (χ0n) is 6.83. The minimum atomic E-state index is 0.220. The molecular formula is C8H14N2. The molecule has 0 aromatic rings. The molecule has 0 radical (unpaired) electrons. The summed E-state index contributed by atoms with van der Waals surface area (Å²) in [4.78, 5) is 8.63. The molecular weight excluding hydrogens is 124 g/mol. The third kappa shape index (κ3) is 1.43. The highest BCUT2D eigenvalue weighted by Crippen LogP contribution is 2.09. The van der Waals surface area contributed by atoms with E-state index in [1.54, 1.807) is 0 Å². The average Bonchev–Trinajstić information content (AvgIpc) is 2.34. The first-order valence-corrected chi connectivity index (χ1v) is 3.85. The molecule has 2 nitrogen and oxygen atoms in total. The van der Waals surface area contributed by atoms with E-state index in [-0.39, 0.29) is 6.17 Å². The van der Waals surface area contributed by atoms with Crippen LogP contribution in [0, 0.1) is 5.92 Å². The van der Waals surface area contributed by atoms with Gasteiger partial charge in [0.25, 0.3) is 0 Å². The Hall–Kier alpha value is -0.660. The summed E-state index contributed by atoms with van der Waals surface area (Å²) in [5, 5.41) is 0. The van der Waals surface area contributed by atoms with Crippen LogP contribution in [0.2, 0.25) is 0 Å². The van der Waals surface area contributed by atoms with Gasteiger partial charge in [-0.05, 0) is 12.3 Å². The van der Waals surface area contributed by atoms with E-state index in [1.165, 1.54) is 0 Å². The van der Waals surface area contributed by atoms with E-state index in [2.05, 4.69) is 30.8 Å². The molecule has 0 saturated heterocycles. The summed E-state index contributed by atoms with van der Waals surface area (Å²) >= 11 is 0. The number of aliphatic imine (C=N–C) groups is 2. The number of rotatable bonds is 2. The van der Waals surface area contributed by atoms with Crippen LogP contribution in [0.25, 0.3) is 0 Å². The minimum absolute atomic E-state index is 0.220. The predicted molar refractivity (Wildman–Crippen MR) is 44.8 cm³/mol. The van der Waals surface area contributed by atoms with Crippen LogP contribution < -0.4 is 0 Å². The lowest BCUT2D eigenvalue weighted by atomic mass is 10.1. The van der Waals surface area contributed by atoms with Crippen molar-refractivity contribution < 1.29 is 0 Å². The largest absolute Gasteiger partial charge is 0.265 e. The molecule has 10 heavy (non-hydrogen) atoms. The Morgan fingerprint density at radius 2 is 2.30 bits per heavy atom. The Labute approximate surface area is 62.1 Å². The lowest BCUT2D eigenvalue weighted by molar-refractivity contribution is 0.696. The van der Waals surface area contributed by atoms with Gasteiger partial charge >= 0.3 is 0 Å². The molecule has 0 bridgehead atoms. The predicted octanol–water partition coefficient (Wildman–Crippen LogP) is 1.90. The van der Waals surface area contributed by atoms with Crippen LogP contribution >= 0.6 is 0 Å². The van der Waals surface area contributed by atoms with Gasteiger partial charge in [-0.3, -0.25) is 9.98 Å². The lowest BCUT2D eigenvalue weighted by Crippen LogP contribution is -2.06. The normalized spacial score (nSPS) is 24.0. The molecule has 0 N–H and O–H groups in total. The van der Waals surface area contributed by atoms with Gasteiger partial charge in [-0.15, -0.1) is 0 Å². The molecule has 0 spiro atoms. The van der Waals surface area contributed by atoms with Crippen molar-refractivity contribution in [3.8, 4) is 0 Å². The molecule has 0 aromatic heterocycles. The summed E-state index contributed by atoms with van der Waals surface area (Å²) in [6.07, 6.45) is 3.14. The van der Waals surface area contributed by atoms with Gasteiger partial charge in [-0.2, -0.15) is 0 Å². The first-order chi connectivity index (χ1) is 4.74. The zero-order valence-corrected chi connectivity index (χ0v) is 6.83. The fraction of sp³-hybridized carbons (Fsp3) is 0.750. The van der Waals surface area contributed by atoms with Crippen LogP contribution in [0.4, 0.5) is 0 Å². The van der Waals surface area contributed by atoms with E-state index in [0.29, 0.717) is 5.92 Å². The number of hydrogen-bond donors (Lipinski definition) is 0. The third-order valence-corrected chi connectivity index (χ3v) is 1.63. The molecule has 1 aliphatic heterocycles. The molecule has 0 saturated carbocycles. The van der Waals surface area contributed by atoms with Crippen molar-refractivity contribution in [1.29, 1.82) is 0 Å². The summed E-state index contributed by atoms with van der Waals surface area (Å²) in [5.74, 6) is 0.528. The quantitative estimate of drug-likeness (QED) is 0.557. The van der Waals surface area contributed by atoms with Gasteiger partial charge in [0.05, 0.1) is 5.71 Å². The SMILES string of the molecule is CCC1N=CC(C(C)C)=N1. The molecule has 56 valence electrons. The van der Waals surface area contributed by atoms with Crippen LogP contribution in [0.15, 0.2) is 9.98 Å². The molecule has 0 fully saturated rings. The van der Waals surface area contributed by atoms with Gasteiger partial charge in [0.15, 0.2) is 0 Å². The Bertz CT molecular complexity index is 168. The van der Waals surface area contributed by atoms with E-state index in [4.69, 9.17) is 0 Å². The van der Waals surface area contributed by atoms with Crippen LogP contribution in [0.3, 0.4) is 0 Å². The summed E-state index contributed by atoms with van der Waals surface area (Å²) in [7, 11) is 0. The topological polar surface area (TPSA) is 24.7 Å². The Kier molecular flexibility index (Phi) is 2.20. The van der Waals surface area contributed by atoms with E-state index < -0.39 is 0 Å². The molecule has 1 aliphatic rings. The van der Waals surface area contributed by atoms with Crippen molar-refractivity contribution in [1.82, 2.24) is 0 Å². The van der Waals surface area contributed by atoms with E-state index >= 15 is 0 Å². The van der Waals surface area contributed by atoms with Gasteiger partial charge in [0.1, 0.15) is 6.17 Å². The van der Waals surface area contributed by atoms with Gasteiger partial charge in [-0.1, -0.05) is 20.8 Å². The second-order valence-corrected chi connectivity index (χ2v) is 2.88. The van der Waals surface area contributed by atoms with Crippen molar-refractivity contribution in [2.45, 2.75) is 33.4 Å². The van der Waals surface area contributed by atoms with Crippen LogP contribution in [-0.2, 0) is 0 Å². The smallest absolute Gasteiger partial charge is 0.139 e. The van der Waals surface area contributed by atoms with Crippen molar-refractivity contribution in [2.75, 3.05) is 0 Å². The van der Waals surface area contributed by atoms with Crippen molar-refractivity contribution in [2.24, 2.45) is 15.9 Å². The summed E-state index contributed by atoms with van der Waals surface area (Å²) in [6.45, 7) is 6.39. The first-order valence-electron chi connectivity index (χ1n) is 3.85. The molecule has 0 aromatic carbocycles. The van der Waals surface area contributed by atoms with Gasteiger partial charge < -0.3 is 0 Å². The lowest BCUT2D eigenvalue weighted by Gasteiger charge is -1.99. The van der Waals surface area contributed by atoms with Crippen molar-refractivity contribution in [3.05, 3.63) is 0 Å². The molecule has 1 rings (SSSR count). The van der Waals surface area contributed by atoms with Gasteiger partial charge in [0.2, 0.25) is 0 Å². The summed E-state index contributed by atoms with van der Waals surface area (Å²) in [6, 6.07) is 0. The zero-order chi connectivity index (χ0) is 7.56. The average molecular weight is 138 g/mol. The molecule has 2 heteroatoms. The maximum atomic E-state index is 4.40. The minimum Gasteiger partial charge on any atom is -0.265 e. The molecule has 0 amide bonds. The van der Waals surface area contributed by atoms with E-state index in [1.807, 2.05) is 6.21 Å². The Balaban J connectivity index is 2.59. The van der Waals surface area contributed by atoms with Crippen LogP contribution in [0.5, 0.6) is 0 Å². The third-order valence-electron chi connectivity index (χ3n) is 1.63. The summed E-state index contributed by atoms with van der Waals surface area (Å²) < 4.78 is 0. The highest BCUT2D eigenvalue weighted by Gasteiger charge is 2.11. The maximum absolute atomic E-state index is 4.40. The fourth-order valence-corrected chi connectivity index (χ4v) is 0.896. The molecule has 1 heterocycles. The number of nitrogens with zero attached hydrogens (tertiary/aromatic N) is 2. The monoisotopic (exact) mass is 138 g/mol. The first kappa shape index (κ1) is 7.45. The standard InChI is InChI=1S/C8H14N2/c1-4-8-9-5-7(10-8)6(2)3/h5-6,8H,4H2,1-3H3. The molecule has 1 atom stereocenters. The molecule has 0 aliphatic carbocycles. The fourth-order valence-electron chi connectivity index (χ4n) is 0.896. The van der Waals surface area contributed by atoms with Crippen LogP contribution in [0.1, 0.15) is 27.2 Å². The Morgan fingerprint density at radius 1 is 1.60 bits per heavy atom. The number of hydrogen-bond acceptors (Lipinski definition) is 2. The van der Waals surface area contributed by atoms with E-state index in [0.717, 1.165) is 12.1 Å². The maximum Gasteiger partial charge on any atom is 0.139 e. The summed E-state index contributed by atoms with van der Waals surface area (Å²) in [5.41, 5.74) is 1.15. The second kappa shape index (κ2) is 2.95. The van der Waals surface area contributed by atoms with Crippen LogP contribution in [-0.4, -0.2) is 18.1 Å². The highest BCUT2D eigenvalue weighted by molar-refractivity contribution is 6.32. The van der Waals surface area contributed by atoms with Crippen molar-refractivity contribution in [3.63, 3.8) is 0 Å². The van der Waals surface area contributed by atoms with E-state index in [9.17, 15) is 0 Å². The van der Waals surface area contributed by atoms with Gasteiger partial charge in [-0.25, -0.2) is 0 Å². The highest BCUT2D eigenvalue weighted by atomic mass is 15.0. The van der Waals surface area contributed by atoms with Gasteiger partial charge in [0, 0.05) is 6.21 Å². The van der Waals surface area contributed by atoms with Crippen molar-refractivity contribution >= 4 is 11.9 Å².